The van der Waals surface area contributed by atoms with Crippen LogP contribution in [0.25, 0.3) is 11.4 Å². The second-order valence-corrected chi connectivity index (χ2v) is 6.36. The van der Waals surface area contributed by atoms with Crippen LogP contribution in [0.15, 0.2) is 48.5 Å². The van der Waals surface area contributed by atoms with Gasteiger partial charge in [0, 0.05) is 11.3 Å². The van der Waals surface area contributed by atoms with Crippen LogP contribution < -0.4 is 10.1 Å². The summed E-state index contributed by atoms with van der Waals surface area (Å²) in [5.74, 6) is 0.785. The van der Waals surface area contributed by atoms with Gasteiger partial charge in [0.2, 0.25) is 5.91 Å². The van der Waals surface area contributed by atoms with Gasteiger partial charge in [0.25, 0.3) is 0 Å². The normalized spacial score (nSPS) is 13.4. The molecule has 3 aromatic rings. The van der Waals surface area contributed by atoms with E-state index in [0.29, 0.717) is 17.5 Å². The topological polar surface area (TPSA) is 81.9 Å². The van der Waals surface area contributed by atoms with Crippen LogP contribution in [0.4, 0.5) is 10.1 Å². The number of amides is 1. The monoisotopic (exact) mass is 367 g/mol. The fraction of sp³-hybridized carbons (Fsp3) is 0.263. The van der Waals surface area contributed by atoms with Gasteiger partial charge in [-0.25, -0.2) is 9.07 Å². The zero-order valence-electron chi connectivity index (χ0n) is 14.5. The molecule has 0 aliphatic heterocycles. The standard InChI is InChI=1S/C19H18FN5O2/c20-14-3-9-17(10-4-14)27-12-11-18(26)21-15-5-1-13(2-6-15)19-22-23-24-25(19)16-7-8-16/h1-6,9-10,16H,7-8,11-12H2,(H,21,26). The van der Waals surface area contributed by atoms with Crippen LogP contribution in [0.3, 0.4) is 0 Å². The number of aromatic nitrogens is 4. The fourth-order valence-electron chi connectivity index (χ4n) is 2.67. The predicted octanol–water partition coefficient (Wildman–Crippen LogP) is 3.22. The van der Waals surface area contributed by atoms with Crippen molar-refractivity contribution in [1.29, 1.82) is 0 Å². The van der Waals surface area contributed by atoms with Gasteiger partial charge in [-0.2, -0.15) is 0 Å². The van der Waals surface area contributed by atoms with Crippen molar-refractivity contribution in [2.45, 2.75) is 25.3 Å². The second kappa shape index (κ2) is 7.53. The lowest BCUT2D eigenvalue weighted by Crippen LogP contribution is -2.15. The number of halogens is 1. The summed E-state index contributed by atoms with van der Waals surface area (Å²) in [6.07, 6.45) is 2.40. The van der Waals surface area contributed by atoms with Crippen LogP contribution in [-0.4, -0.2) is 32.7 Å². The molecule has 1 fully saturated rings. The molecular weight excluding hydrogens is 349 g/mol. The summed E-state index contributed by atoms with van der Waals surface area (Å²) in [6, 6.07) is 13.5. The van der Waals surface area contributed by atoms with Crippen LogP contribution in [0.5, 0.6) is 5.75 Å². The van der Waals surface area contributed by atoms with Gasteiger partial charge in [-0.3, -0.25) is 4.79 Å². The Morgan fingerprint density at radius 1 is 1.15 bits per heavy atom. The van der Waals surface area contributed by atoms with Crippen molar-refractivity contribution in [3.8, 4) is 17.1 Å². The second-order valence-electron chi connectivity index (χ2n) is 6.36. The lowest BCUT2D eigenvalue weighted by atomic mass is 10.2. The highest BCUT2D eigenvalue weighted by Gasteiger charge is 2.28. The van der Waals surface area contributed by atoms with Gasteiger partial charge >= 0.3 is 0 Å². The molecule has 1 aromatic heterocycles. The Kier molecular flexibility index (Phi) is 4.78. The zero-order chi connectivity index (χ0) is 18.6. The van der Waals surface area contributed by atoms with E-state index >= 15 is 0 Å². The van der Waals surface area contributed by atoms with Gasteiger partial charge in [0.1, 0.15) is 11.6 Å². The van der Waals surface area contributed by atoms with E-state index in [9.17, 15) is 9.18 Å². The largest absolute Gasteiger partial charge is 0.493 e. The van der Waals surface area contributed by atoms with Crippen molar-refractivity contribution in [1.82, 2.24) is 20.2 Å². The Labute approximate surface area is 155 Å². The summed E-state index contributed by atoms with van der Waals surface area (Å²) >= 11 is 0. The predicted molar refractivity (Wildman–Crippen MR) is 96.7 cm³/mol. The number of benzene rings is 2. The molecule has 0 spiro atoms. The summed E-state index contributed by atoms with van der Waals surface area (Å²) in [5.41, 5.74) is 1.60. The van der Waals surface area contributed by atoms with Crippen molar-refractivity contribution < 1.29 is 13.9 Å². The summed E-state index contributed by atoms with van der Waals surface area (Å²) < 4.78 is 20.1. The van der Waals surface area contributed by atoms with Gasteiger partial charge in [0.15, 0.2) is 5.82 Å². The molecule has 1 aliphatic carbocycles. The zero-order valence-corrected chi connectivity index (χ0v) is 14.5. The van der Waals surface area contributed by atoms with Crippen LogP contribution in [-0.2, 0) is 4.79 Å². The van der Waals surface area contributed by atoms with Crippen molar-refractivity contribution in [2.75, 3.05) is 11.9 Å². The van der Waals surface area contributed by atoms with Crippen molar-refractivity contribution in [2.24, 2.45) is 0 Å². The van der Waals surface area contributed by atoms with Crippen LogP contribution in [0.1, 0.15) is 25.3 Å². The maximum Gasteiger partial charge on any atom is 0.227 e. The molecule has 1 N–H and O–H groups in total. The van der Waals surface area contributed by atoms with Gasteiger partial charge in [-0.1, -0.05) is 0 Å². The maximum absolute atomic E-state index is 12.8. The van der Waals surface area contributed by atoms with E-state index in [2.05, 4.69) is 20.8 Å². The summed E-state index contributed by atoms with van der Waals surface area (Å²) in [5, 5.41) is 14.7. The summed E-state index contributed by atoms with van der Waals surface area (Å²) in [4.78, 5) is 12.0. The third-order valence-electron chi connectivity index (χ3n) is 4.22. The summed E-state index contributed by atoms with van der Waals surface area (Å²) in [6.45, 7) is 0.214. The molecule has 27 heavy (non-hydrogen) atoms. The molecule has 8 heteroatoms. The highest BCUT2D eigenvalue weighted by atomic mass is 19.1. The molecule has 7 nitrogen and oxygen atoms in total. The van der Waals surface area contributed by atoms with Gasteiger partial charge in [0.05, 0.1) is 19.1 Å². The minimum atomic E-state index is -0.324. The number of anilines is 1. The molecular formula is C19H18FN5O2. The lowest BCUT2D eigenvalue weighted by Gasteiger charge is -2.08. The third-order valence-corrected chi connectivity index (χ3v) is 4.22. The van der Waals surface area contributed by atoms with Crippen molar-refractivity contribution in [3.05, 3.63) is 54.3 Å². The first-order chi connectivity index (χ1) is 13.2. The van der Waals surface area contributed by atoms with E-state index in [-0.39, 0.29) is 24.8 Å². The first-order valence-electron chi connectivity index (χ1n) is 8.75. The van der Waals surface area contributed by atoms with Gasteiger partial charge in [-0.05, 0) is 71.8 Å². The number of hydrogen-bond acceptors (Lipinski definition) is 5. The van der Waals surface area contributed by atoms with E-state index in [4.69, 9.17) is 4.74 Å². The quantitative estimate of drug-likeness (QED) is 0.693. The molecule has 2 aromatic carbocycles. The molecule has 4 rings (SSSR count). The number of rotatable bonds is 7. The number of ether oxygens (including phenoxy) is 1. The average Bonchev–Trinajstić information content (AvgIpc) is 3.41. The average molecular weight is 367 g/mol. The first-order valence-corrected chi connectivity index (χ1v) is 8.75. The number of carbonyl (C=O) groups is 1. The van der Waals surface area contributed by atoms with Crippen LogP contribution in [0, 0.1) is 5.82 Å². The van der Waals surface area contributed by atoms with Crippen molar-refractivity contribution >= 4 is 11.6 Å². The number of carbonyl (C=O) groups excluding carboxylic acids is 1. The highest BCUT2D eigenvalue weighted by Crippen LogP contribution is 2.36. The molecule has 1 saturated carbocycles. The lowest BCUT2D eigenvalue weighted by molar-refractivity contribution is -0.116. The van der Waals surface area contributed by atoms with E-state index in [0.717, 1.165) is 24.2 Å². The number of tetrazole rings is 1. The Morgan fingerprint density at radius 2 is 1.89 bits per heavy atom. The third kappa shape index (κ3) is 4.28. The molecule has 1 heterocycles. The minimum absolute atomic E-state index is 0.160. The molecule has 0 unspecified atom stereocenters. The maximum atomic E-state index is 12.8. The molecule has 0 saturated heterocycles. The number of nitrogens with zero attached hydrogens (tertiary/aromatic N) is 4. The molecule has 0 bridgehead atoms. The smallest absolute Gasteiger partial charge is 0.227 e. The minimum Gasteiger partial charge on any atom is -0.493 e. The van der Waals surface area contributed by atoms with Crippen molar-refractivity contribution in [3.63, 3.8) is 0 Å². The van der Waals surface area contributed by atoms with Gasteiger partial charge in [-0.15, -0.1) is 5.10 Å². The fourth-order valence-corrected chi connectivity index (χ4v) is 2.67. The Bertz CT molecular complexity index is 920. The number of nitrogens with one attached hydrogen (secondary N) is 1. The molecule has 138 valence electrons. The van der Waals surface area contributed by atoms with Gasteiger partial charge < -0.3 is 10.1 Å². The SMILES string of the molecule is O=C(CCOc1ccc(F)cc1)Nc1ccc(-c2nnnn2C2CC2)cc1. The molecule has 1 amide bonds. The Hall–Kier alpha value is -3.29. The summed E-state index contributed by atoms with van der Waals surface area (Å²) in [7, 11) is 0. The molecule has 0 radical (unpaired) electrons. The van der Waals surface area contributed by atoms with E-state index < -0.39 is 0 Å². The van der Waals surface area contributed by atoms with Crippen LogP contribution >= 0.6 is 0 Å². The molecule has 0 atom stereocenters. The Morgan fingerprint density at radius 3 is 2.59 bits per heavy atom. The van der Waals surface area contributed by atoms with E-state index in [1.165, 1.54) is 24.3 Å². The number of hydrogen-bond donors (Lipinski definition) is 1. The highest BCUT2D eigenvalue weighted by molar-refractivity contribution is 5.91. The molecule has 1 aliphatic rings. The van der Waals surface area contributed by atoms with Crippen LogP contribution in [0.2, 0.25) is 0 Å². The Balaban J connectivity index is 1.29. The first kappa shape index (κ1) is 17.1. The van der Waals surface area contributed by atoms with E-state index in [1.54, 1.807) is 0 Å². The van der Waals surface area contributed by atoms with E-state index in [1.807, 2.05) is 28.9 Å².